The van der Waals surface area contributed by atoms with Crippen LogP contribution in [0.25, 0.3) is 11.6 Å². The quantitative estimate of drug-likeness (QED) is 0.771. The highest BCUT2D eigenvalue weighted by molar-refractivity contribution is 5.81. The minimum Gasteiger partial charge on any atom is -0.392 e. The molecular formula is C15H14O. The lowest BCUT2D eigenvalue weighted by atomic mass is 10.0. The van der Waals surface area contributed by atoms with Gasteiger partial charge in [-0.05, 0) is 22.8 Å². The van der Waals surface area contributed by atoms with Gasteiger partial charge in [0.2, 0.25) is 0 Å². The van der Waals surface area contributed by atoms with Crippen LogP contribution in [0.4, 0.5) is 0 Å². The second-order valence-electron chi connectivity index (χ2n) is 3.60. The van der Waals surface area contributed by atoms with Crippen LogP contribution in [0.1, 0.15) is 11.1 Å². The molecular weight excluding hydrogens is 196 g/mol. The summed E-state index contributed by atoms with van der Waals surface area (Å²) < 4.78 is 0. The van der Waals surface area contributed by atoms with Gasteiger partial charge in [-0.25, -0.2) is 0 Å². The van der Waals surface area contributed by atoms with Crippen LogP contribution in [-0.2, 0) is 0 Å². The lowest BCUT2D eigenvalue weighted by molar-refractivity contribution is 0.351. The number of hydrogen-bond donors (Lipinski definition) is 1. The predicted molar refractivity (Wildman–Crippen MR) is 67.8 cm³/mol. The van der Waals surface area contributed by atoms with Crippen LogP contribution < -0.4 is 0 Å². The third-order valence-electron chi connectivity index (χ3n) is 2.46. The van der Waals surface area contributed by atoms with Crippen molar-refractivity contribution in [2.75, 3.05) is 6.61 Å². The molecule has 0 bridgehead atoms. The Bertz CT molecular complexity index is 457. The van der Waals surface area contributed by atoms with E-state index in [0.717, 1.165) is 16.7 Å². The van der Waals surface area contributed by atoms with Crippen molar-refractivity contribution in [2.24, 2.45) is 0 Å². The molecule has 0 atom stereocenters. The monoisotopic (exact) mass is 210 g/mol. The molecule has 0 aliphatic heterocycles. The van der Waals surface area contributed by atoms with Crippen LogP contribution in [0.3, 0.4) is 0 Å². The van der Waals surface area contributed by atoms with Gasteiger partial charge in [0.15, 0.2) is 0 Å². The Hall–Kier alpha value is -1.86. The molecule has 2 rings (SSSR count). The van der Waals surface area contributed by atoms with E-state index in [1.54, 1.807) is 0 Å². The molecule has 0 radical (unpaired) electrons. The van der Waals surface area contributed by atoms with Gasteiger partial charge in [-0.3, -0.25) is 0 Å². The maximum Gasteiger partial charge on any atom is 0.0687 e. The molecule has 1 nitrogen and oxygen atoms in total. The number of benzene rings is 2. The van der Waals surface area contributed by atoms with Gasteiger partial charge in [0.25, 0.3) is 0 Å². The summed E-state index contributed by atoms with van der Waals surface area (Å²) in [5.74, 6) is 0. The van der Waals surface area contributed by atoms with Gasteiger partial charge in [0.1, 0.15) is 0 Å². The first-order valence-electron chi connectivity index (χ1n) is 5.32. The second-order valence-corrected chi connectivity index (χ2v) is 3.60. The molecule has 0 aliphatic carbocycles. The Morgan fingerprint density at radius 1 is 0.875 bits per heavy atom. The number of hydrogen-bond acceptors (Lipinski definition) is 1. The first kappa shape index (κ1) is 10.7. The Morgan fingerprint density at radius 3 is 2.00 bits per heavy atom. The van der Waals surface area contributed by atoms with Gasteiger partial charge in [0, 0.05) is 0 Å². The van der Waals surface area contributed by atoms with Gasteiger partial charge < -0.3 is 5.11 Å². The zero-order chi connectivity index (χ0) is 11.2. The topological polar surface area (TPSA) is 20.2 Å². The lowest BCUT2D eigenvalue weighted by Crippen LogP contribution is -1.89. The normalized spacial score (nSPS) is 11.4. The number of aliphatic hydroxyl groups is 1. The van der Waals surface area contributed by atoms with E-state index in [-0.39, 0.29) is 6.61 Å². The molecule has 0 spiro atoms. The van der Waals surface area contributed by atoms with E-state index in [9.17, 15) is 5.11 Å². The van der Waals surface area contributed by atoms with E-state index in [1.165, 1.54) is 0 Å². The lowest BCUT2D eigenvalue weighted by Gasteiger charge is -2.04. The Balaban J connectivity index is 2.34. The summed E-state index contributed by atoms with van der Waals surface area (Å²) in [5.41, 5.74) is 3.11. The van der Waals surface area contributed by atoms with E-state index in [1.807, 2.05) is 66.7 Å². The maximum absolute atomic E-state index is 9.37. The van der Waals surface area contributed by atoms with E-state index in [2.05, 4.69) is 0 Å². The molecule has 2 aromatic carbocycles. The SMILES string of the molecule is OCC(=Cc1ccccc1)c1ccccc1. The molecule has 0 aromatic heterocycles. The van der Waals surface area contributed by atoms with Crippen molar-refractivity contribution in [1.82, 2.24) is 0 Å². The van der Waals surface area contributed by atoms with Gasteiger partial charge >= 0.3 is 0 Å². The van der Waals surface area contributed by atoms with Crippen LogP contribution in [-0.4, -0.2) is 11.7 Å². The van der Waals surface area contributed by atoms with Crippen LogP contribution >= 0.6 is 0 Å². The standard InChI is InChI=1S/C15H14O/c16-12-15(14-9-5-2-6-10-14)11-13-7-3-1-4-8-13/h1-11,16H,12H2. The van der Waals surface area contributed by atoms with Crippen LogP contribution in [0.2, 0.25) is 0 Å². The number of rotatable bonds is 3. The highest BCUT2D eigenvalue weighted by Gasteiger charge is 1.98. The van der Waals surface area contributed by atoms with Crippen molar-refractivity contribution >= 4 is 11.6 Å². The fourth-order valence-electron chi connectivity index (χ4n) is 1.62. The third kappa shape index (κ3) is 2.59. The second kappa shape index (κ2) is 5.29. The molecule has 16 heavy (non-hydrogen) atoms. The van der Waals surface area contributed by atoms with Crippen molar-refractivity contribution in [2.45, 2.75) is 0 Å². The maximum atomic E-state index is 9.37. The summed E-state index contributed by atoms with van der Waals surface area (Å²) in [6, 6.07) is 20.0. The molecule has 0 amide bonds. The summed E-state index contributed by atoms with van der Waals surface area (Å²) in [6.07, 6.45) is 2.01. The highest BCUT2D eigenvalue weighted by atomic mass is 16.3. The van der Waals surface area contributed by atoms with Gasteiger partial charge in [-0.15, -0.1) is 0 Å². The molecule has 1 heteroatoms. The average molecular weight is 210 g/mol. The molecule has 0 unspecified atom stereocenters. The van der Waals surface area contributed by atoms with Gasteiger partial charge in [-0.1, -0.05) is 60.7 Å². The molecule has 0 saturated heterocycles. The zero-order valence-electron chi connectivity index (χ0n) is 9.01. The number of aliphatic hydroxyl groups excluding tert-OH is 1. The zero-order valence-corrected chi connectivity index (χ0v) is 9.01. The minimum absolute atomic E-state index is 0.0545. The van der Waals surface area contributed by atoms with Crippen LogP contribution in [0.5, 0.6) is 0 Å². The highest BCUT2D eigenvalue weighted by Crippen LogP contribution is 2.17. The molecule has 0 heterocycles. The molecule has 0 aliphatic rings. The fraction of sp³-hybridized carbons (Fsp3) is 0.0667. The molecule has 80 valence electrons. The molecule has 0 saturated carbocycles. The summed E-state index contributed by atoms with van der Waals surface area (Å²) in [7, 11) is 0. The van der Waals surface area contributed by atoms with Crippen molar-refractivity contribution < 1.29 is 5.11 Å². The van der Waals surface area contributed by atoms with Crippen LogP contribution in [0, 0.1) is 0 Å². The average Bonchev–Trinajstić information content (AvgIpc) is 2.38. The first-order chi connectivity index (χ1) is 7.90. The summed E-state index contributed by atoms with van der Waals surface area (Å²) in [4.78, 5) is 0. The largest absolute Gasteiger partial charge is 0.392 e. The van der Waals surface area contributed by atoms with Gasteiger partial charge in [0.05, 0.1) is 6.61 Å². The fourth-order valence-corrected chi connectivity index (χ4v) is 1.62. The first-order valence-corrected chi connectivity index (χ1v) is 5.32. The third-order valence-corrected chi connectivity index (χ3v) is 2.46. The molecule has 2 aromatic rings. The van der Waals surface area contributed by atoms with Crippen LogP contribution in [0.15, 0.2) is 60.7 Å². The van der Waals surface area contributed by atoms with E-state index in [0.29, 0.717) is 0 Å². The summed E-state index contributed by atoms with van der Waals surface area (Å²) in [5, 5.41) is 9.37. The van der Waals surface area contributed by atoms with Crippen molar-refractivity contribution in [1.29, 1.82) is 0 Å². The van der Waals surface area contributed by atoms with Crippen molar-refractivity contribution in [3.63, 3.8) is 0 Å². The smallest absolute Gasteiger partial charge is 0.0687 e. The van der Waals surface area contributed by atoms with Gasteiger partial charge in [-0.2, -0.15) is 0 Å². The Morgan fingerprint density at radius 2 is 1.44 bits per heavy atom. The van der Waals surface area contributed by atoms with Crippen molar-refractivity contribution in [3.8, 4) is 0 Å². The predicted octanol–water partition coefficient (Wildman–Crippen LogP) is 3.22. The minimum atomic E-state index is 0.0545. The summed E-state index contributed by atoms with van der Waals surface area (Å²) in [6.45, 7) is 0.0545. The Labute approximate surface area is 95.7 Å². The Kier molecular flexibility index (Phi) is 3.52. The van der Waals surface area contributed by atoms with E-state index < -0.39 is 0 Å². The van der Waals surface area contributed by atoms with Crippen molar-refractivity contribution in [3.05, 3.63) is 71.8 Å². The molecule has 1 N–H and O–H groups in total. The van der Waals surface area contributed by atoms with E-state index in [4.69, 9.17) is 0 Å². The summed E-state index contributed by atoms with van der Waals surface area (Å²) >= 11 is 0. The van der Waals surface area contributed by atoms with E-state index >= 15 is 0 Å². The molecule has 0 fully saturated rings.